The van der Waals surface area contributed by atoms with E-state index in [4.69, 9.17) is 4.98 Å². The second kappa shape index (κ2) is 6.35. The molecule has 2 aliphatic heterocycles. The van der Waals surface area contributed by atoms with Gasteiger partial charge in [-0.2, -0.15) is 0 Å². The van der Waals surface area contributed by atoms with E-state index in [-0.39, 0.29) is 0 Å². The highest BCUT2D eigenvalue weighted by Gasteiger charge is 2.56. The van der Waals surface area contributed by atoms with Gasteiger partial charge in [0, 0.05) is 61.9 Å². The zero-order valence-electron chi connectivity index (χ0n) is 14.9. The Kier molecular flexibility index (Phi) is 4.00. The smallest absolute Gasteiger partial charge is 0.226 e. The van der Waals surface area contributed by atoms with Gasteiger partial charge in [-0.05, 0) is 37.5 Å². The van der Waals surface area contributed by atoms with Crippen LogP contribution in [0.4, 0.5) is 0 Å². The highest BCUT2D eigenvalue weighted by Crippen LogP contribution is 2.56. The summed E-state index contributed by atoms with van der Waals surface area (Å²) in [5.41, 5.74) is 2.45. The maximum absolute atomic E-state index is 13.0. The van der Waals surface area contributed by atoms with Crippen LogP contribution >= 0.6 is 0 Å². The summed E-state index contributed by atoms with van der Waals surface area (Å²) in [4.78, 5) is 24.7. The molecule has 2 aliphatic carbocycles. The summed E-state index contributed by atoms with van der Waals surface area (Å²) in [5, 5.41) is 3.37. The first-order valence-electron chi connectivity index (χ1n) is 10.2. The van der Waals surface area contributed by atoms with E-state index in [0.29, 0.717) is 29.6 Å². The molecule has 5 nitrogen and oxygen atoms in total. The van der Waals surface area contributed by atoms with Crippen LogP contribution in [0.2, 0.25) is 0 Å². The first-order chi connectivity index (χ1) is 12.3. The Morgan fingerprint density at radius 2 is 2.00 bits per heavy atom. The number of likely N-dealkylation sites (tertiary alicyclic amines) is 1. The van der Waals surface area contributed by atoms with Crippen LogP contribution < -0.4 is 5.32 Å². The van der Waals surface area contributed by atoms with E-state index in [1.54, 1.807) is 0 Å². The molecule has 1 saturated heterocycles. The van der Waals surface area contributed by atoms with Gasteiger partial charge in [-0.15, -0.1) is 0 Å². The van der Waals surface area contributed by atoms with Gasteiger partial charge in [0.25, 0.3) is 0 Å². The molecule has 0 spiro atoms. The van der Waals surface area contributed by atoms with Crippen LogP contribution in [0.25, 0.3) is 0 Å². The third kappa shape index (κ3) is 2.86. The Morgan fingerprint density at radius 3 is 2.84 bits per heavy atom. The fraction of sp³-hybridized carbons (Fsp3) is 0.750. The lowest BCUT2D eigenvalue weighted by atomic mass is 9.96. The number of carbonyl (C=O) groups is 1. The number of nitrogens with one attached hydrogen (secondary N) is 1. The molecule has 3 heterocycles. The van der Waals surface area contributed by atoms with Gasteiger partial charge < -0.3 is 10.2 Å². The normalized spacial score (nSPS) is 34.2. The number of amides is 1. The van der Waals surface area contributed by atoms with Crippen LogP contribution in [0.15, 0.2) is 6.20 Å². The topological polar surface area (TPSA) is 58.1 Å². The van der Waals surface area contributed by atoms with Gasteiger partial charge >= 0.3 is 0 Å². The number of carbonyl (C=O) groups excluding carboxylic acids is 1. The van der Waals surface area contributed by atoms with Crippen molar-refractivity contribution in [2.75, 3.05) is 19.6 Å². The average Bonchev–Trinajstić information content (AvgIpc) is 3.41. The minimum atomic E-state index is 0.318. The fourth-order valence-corrected chi connectivity index (χ4v) is 5.41. The second-order valence-corrected chi connectivity index (χ2v) is 8.39. The number of rotatable bonds is 2. The van der Waals surface area contributed by atoms with Gasteiger partial charge in [0.05, 0.1) is 0 Å². The Hall–Kier alpha value is -1.49. The number of hydrogen-bond acceptors (Lipinski definition) is 4. The summed E-state index contributed by atoms with van der Waals surface area (Å²) in [6.07, 6.45) is 10.4. The number of aromatic nitrogens is 2. The van der Waals surface area contributed by atoms with Crippen molar-refractivity contribution in [2.24, 2.45) is 17.8 Å². The lowest BCUT2D eigenvalue weighted by Crippen LogP contribution is -2.41. The Balaban J connectivity index is 1.29. The lowest BCUT2D eigenvalue weighted by molar-refractivity contribution is -0.134. The van der Waals surface area contributed by atoms with Gasteiger partial charge in [-0.1, -0.05) is 12.8 Å². The van der Waals surface area contributed by atoms with Crippen molar-refractivity contribution in [3.8, 4) is 0 Å². The summed E-state index contributed by atoms with van der Waals surface area (Å²) in [6, 6.07) is 0. The van der Waals surface area contributed by atoms with Gasteiger partial charge in [0.2, 0.25) is 5.91 Å². The van der Waals surface area contributed by atoms with Crippen molar-refractivity contribution in [3.05, 3.63) is 23.3 Å². The van der Waals surface area contributed by atoms with Crippen molar-refractivity contribution >= 4 is 5.91 Å². The van der Waals surface area contributed by atoms with Crippen LogP contribution in [0.5, 0.6) is 0 Å². The second-order valence-electron chi connectivity index (χ2n) is 8.39. The highest BCUT2D eigenvalue weighted by atomic mass is 16.2. The molecular formula is C20H28N4O. The Morgan fingerprint density at radius 1 is 1.16 bits per heavy atom. The molecule has 0 bridgehead atoms. The monoisotopic (exact) mass is 340 g/mol. The molecule has 3 atom stereocenters. The minimum absolute atomic E-state index is 0.318. The first kappa shape index (κ1) is 15.7. The number of fused-ring (bicyclic) bond motifs is 2. The number of hydrogen-bond donors (Lipinski definition) is 1. The maximum atomic E-state index is 13.0. The minimum Gasteiger partial charge on any atom is -0.342 e. The van der Waals surface area contributed by atoms with E-state index < -0.39 is 0 Å². The molecule has 3 fully saturated rings. The largest absolute Gasteiger partial charge is 0.342 e. The summed E-state index contributed by atoms with van der Waals surface area (Å²) >= 11 is 0. The van der Waals surface area contributed by atoms with Crippen molar-refractivity contribution in [3.63, 3.8) is 0 Å². The van der Waals surface area contributed by atoms with Gasteiger partial charge in [-0.3, -0.25) is 4.79 Å². The zero-order chi connectivity index (χ0) is 16.8. The Labute approximate surface area is 149 Å². The molecule has 25 heavy (non-hydrogen) atoms. The van der Waals surface area contributed by atoms with Crippen LogP contribution in [0.3, 0.4) is 0 Å². The van der Waals surface area contributed by atoms with E-state index in [1.165, 1.54) is 36.9 Å². The average molecular weight is 340 g/mol. The fourth-order valence-electron chi connectivity index (χ4n) is 5.41. The summed E-state index contributed by atoms with van der Waals surface area (Å²) in [5.74, 6) is 3.47. The molecule has 0 aromatic carbocycles. The molecule has 4 aliphatic rings. The molecule has 134 valence electrons. The van der Waals surface area contributed by atoms with E-state index in [0.717, 1.165) is 51.3 Å². The molecule has 1 amide bonds. The number of nitrogens with zero attached hydrogens (tertiary/aromatic N) is 3. The van der Waals surface area contributed by atoms with Crippen molar-refractivity contribution in [1.29, 1.82) is 0 Å². The summed E-state index contributed by atoms with van der Waals surface area (Å²) in [7, 11) is 0. The molecule has 5 heteroatoms. The molecule has 0 unspecified atom stereocenters. The molecule has 5 rings (SSSR count). The number of piperidine rings is 1. The first-order valence-corrected chi connectivity index (χ1v) is 10.2. The zero-order valence-corrected chi connectivity index (χ0v) is 14.9. The van der Waals surface area contributed by atoms with E-state index in [2.05, 4.69) is 15.2 Å². The predicted molar refractivity (Wildman–Crippen MR) is 94.9 cm³/mol. The maximum Gasteiger partial charge on any atom is 0.226 e. The Bertz CT molecular complexity index is 664. The highest BCUT2D eigenvalue weighted by molar-refractivity contribution is 5.82. The standard InChI is InChI=1S/C20H28N4O/c25-20(18-15-5-1-2-6-16(15)18)24-9-3-4-13(12-24)19-22-11-14-10-21-8-7-17(14)23-19/h11,13,15-16,18,21H,1-10,12H2/t13-,15+,16+/m0/s1. The van der Waals surface area contributed by atoms with E-state index in [9.17, 15) is 4.79 Å². The van der Waals surface area contributed by atoms with Crippen LogP contribution in [0.1, 0.15) is 61.5 Å². The third-order valence-corrected chi connectivity index (χ3v) is 6.87. The molecule has 1 N–H and O–H groups in total. The van der Waals surface area contributed by atoms with E-state index in [1.807, 2.05) is 6.20 Å². The SMILES string of the molecule is O=C(C1[C@@H]2CCCC[C@@H]12)N1CCC[C@H](c2ncc3c(n2)CCNC3)C1. The molecule has 2 saturated carbocycles. The summed E-state index contributed by atoms with van der Waals surface area (Å²) in [6.45, 7) is 3.64. The quantitative estimate of drug-likeness (QED) is 0.897. The molecule has 1 aromatic heterocycles. The third-order valence-electron chi connectivity index (χ3n) is 6.87. The van der Waals surface area contributed by atoms with Gasteiger partial charge in [-0.25, -0.2) is 9.97 Å². The molecule has 0 radical (unpaired) electrons. The van der Waals surface area contributed by atoms with Crippen LogP contribution in [0, 0.1) is 17.8 Å². The predicted octanol–water partition coefficient (Wildman–Crippen LogP) is 2.26. The van der Waals surface area contributed by atoms with Crippen LogP contribution in [-0.4, -0.2) is 40.4 Å². The van der Waals surface area contributed by atoms with Crippen molar-refractivity contribution < 1.29 is 4.79 Å². The van der Waals surface area contributed by atoms with E-state index >= 15 is 0 Å². The molecule has 1 aromatic rings. The summed E-state index contributed by atoms with van der Waals surface area (Å²) < 4.78 is 0. The van der Waals surface area contributed by atoms with Crippen molar-refractivity contribution in [1.82, 2.24) is 20.2 Å². The van der Waals surface area contributed by atoms with Crippen LogP contribution in [-0.2, 0) is 17.8 Å². The van der Waals surface area contributed by atoms with Crippen molar-refractivity contribution in [2.45, 2.75) is 57.4 Å². The van der Waals surface area contributed by atoms with Gasteiger partial charge in [0.15, 0.2) is 0 Å². The molecular weight excluding hydrogens is 312 g/mol. The lowest BCUT2D eigenvalue weighted by Gasteiger charge is -2.32. The van der Waals surface area contributed by atoms with Gasteiger partial charge in [0.1, 0.15) is 5.82 Å².